The van der Waals surface area contributed by atoms with Crippen molar-refractivity contribution in [1.82, 2.24) is 5.32 Å². The molecule has 0 aromatic rings. The molecule has 0 radical (unpaired) electrons. The molecule has 1 amide bonds. The molecule has 0 aromatic heterocycles. The van der Waals surface area contributed by atoms with E-state index in [0.717, 1.165) is 44.9 Å². The molecule has 0 heterocycles. The van der Waals surface area contributed by atoms with Gasteiger partial charge in [-0.25, -0.2) is 0 Å². The quantitative estimate of drug-likeness (QED) is 0.0998. The van der Waals surface area contributed by atoms with Crippen molar-refractivity contribution >= 4 is 5.91 Å². The molecule has 0 spiro atoms. The molecule has 2 atom stereocenters. The highest BCUT2D eigenvalue weighted by atomic mass is 16.3. The number of amides is 1. The molecular weight excluding hydrogens is 446 g/mol. The maximum atomic E-state index is 12.1. The van der Waals surface area contributed by atoms with Crippen LogP contribution in [0.25, 0.3) is 0 Å². The van der Waals surface area contributed by atoms with E-state index >= 15 is 0 Å². The van der Waals surface area contributed by atoms with E-state index in [1.165, 1.54) is 38.5 Å². The first-order chi connectivity index (χ1) is 17.7. The van der Waals surface area contributed by atoms with Gasteiger partial charge in [-0.15, -0.1) is 0 Å². The second-order valence-electron chi connectivity index (χ2n) is 9.10. The Labute approximate surface area is 221 Å². The zero-order valence-corrected chi connectivity index (χ0v) is 23.0. The number of carbonyl (C=O) groups is 1. The topological polar surface area (TPSA) is 69.6 Å². The highest BCUT2D eigenvalue weighted by Crippen LogP contribution is 2.09. The number of rotatable bonds is 23. The van der Waals surface area contributed by atoms with Crippen LogP contribution in [0.4, 0.5) is 0 Å². The fraction of sp³-hybridized carbons (Fsp3) is 0.594. The van der Waals surface area contributed by atoms with Gasteiger partial charge < -0.3 is 15.5 Å². The molecule has 4 heteroatoms. The summed E-state index contributed by atoms with van der Waals surface area (Å²) < 4.78 is 0. The molecule has 2 unspecified atom stereocenters. The van der Waals surface area contributed by atoms with Crippen LogP contribution in [-0.4, -0.2) is 34.9 Å². The van der Waals surface area contributed by atoms with Crippen molar-refractivity contribution in [3.8, 4) is 0 Å². The molecule has 0 aromatic carbocycles. The van der Waals surface area contributed by atoms with Gasteiger partial charge in [-0.05, 0) is 44.9 Å². The number of hydrogen-bond acceptors (Lipinski definition) is 3. The van der Waals surface area contributed by atoms with Crippen molar-refractivity contribution in [2.24, 2.45) is 0 Å². The largest absolute Gasteiger partial charge is 0.394 e. The van der Waals surface area contributed by atoms with Crippen LogP contribution >= 0.6 is 0 Å². The van der Waals surface area contributed by atoms with Crippen molar-refractivity contribution in [3.05, 3.63) is 72.9 Å². The minimum Gasteiger partial charge on any atom is -0.394 e. The molecule has 204 valence electrons. The van der Waals surface area contributed by atoms with Gasteiger partial charge in [0.05, 0.1) is 18.8 Å². The van der Waals surface area contributed by atoms with Crippen LogP contribution < -0.4 is 5.32 Å². The Kier molecular flexibility index (Phi) is 25.8. The molecule has 0 aliphatic rings. The number of allylic oxidation sites excluding steroid dienone is 10. The Bertz CT molecular complexity index is 673. The monoisotopic (exact) mass is 499 g/mol. The van der Waals surface area contributed by atoms with Crippen LogP contribution in [0.2, 0.25) is 0 Å². The summed E-state index contributed by atoms with van der Waals surface area (Å²) in [5, 5.41) is 22.5. The van der Waals surface area contributed by atoms with Gasteiger partial charge in [0.25, 0.3) is 0 Å². The average Bonchev–Trinajstić information content (AvgIpc) is 2.88. The third-order valence-electron chi connectivity index (χ3n) is 5.72. The van der Waals surface area contributed by atoms with Gasteiger partial charge in [-0.1, -0.05) is 125 Å². The zero-order valence-electron chi connectivity index (χ0n) is 23.0. The van der Waals surface area contributed by atoms with E-state index in [-0.39, 0.29) is 18.9 Å². The summed E-state index contributed by atoms with van der Waals surface area (Å²) in [6.07, 6.45) is 38.5. The molecule has 36 heavy (non-hydrogen) atoms. The maximum absolute atomic E-state index is 12.1. The highest BCUT2D eigenvalue weighted by molar-refractivity contribution is 5.77. The van der Waals surface area contributed by atoms with Gasteiger partial charge in [0.1, 0.15) is 0 Å². The number of hydrogen-bond donors (Lipinski definition) is 3. The van der Waals surface area contributed by atoms with E-state index in [1.807, 2.05) is 18.2 Å². The number of carbonyl (C=O) groups excluding carboxylic acids is 1. The lowest BCUT2D eigenvalue weighted by Gasteiger charge is -2.19. The number of aliphatic hydroxyl groups excluding tert-OH is 2. The Hall–Kier alpha value is -2.17. The van der Waals surface area contributed by atoms with Crippen LogP contribution in [0.3, 0.4) is 0 Å². The summed E-state index contributed by atoms with van der Waals surface area (Å²) in [6.45, 7) is 4.07. The molecular formula is C32H53NO3. The van der Waals surface area contributed by atoms with E-state index in [4.69, 9.17) is 0 Å². The smallest absolute Gasteiger partial charge is 0.224 e. The molecule has 0 saturated carbocycles. The van der Waals surface area contributed by atoms with Crippen molar-refractivity contribution < 1.29 is 15.0 Å². The summed E-state index contributed by atoms with van der Waals surface area (Å²) in [7, 11) is 0. The summed E-state index contributed by atoms with van der Waals surface area (Å²) in [5.74, 6) is -0.199. The zero-order chi connectivity index (χ0) is 26.5. The van der Waals surface area contributed by atoms with Crippen molar-refractivity contribution in [3.63, 3.8) is 0 Å². The first-order valence-electron chi connectivity index (χ1n) is 14.2. The number of nitrogens with one attached hydrogen (secondary N) is 1. The fourth-order valence-corrected chi connectivity index (χ4v) is 3.53. The van der Waals surface area contributed by atoms with E-state index in [1.54, 1.807) is 6.08 Å². The van der Waals surface area contributed by atoms with Gasteiger partial charge >= 0.3 is 0 Å². The van der Waals surface area contributed by atoms with Crippen molar-refractivity contribution in [2.45, 2.75) is 116 Å². The Morgan fingerprint density at radius 3 is 1.72 bits per heavy atom. The molecule has 4 nitrogen and oxygen atoms in total. The summed E-state index contributed by atoms with van der Waals surface area (Å²) >= 11 is 0. The Balaban J connectivity index is 3.94. The average molecular weight is 500 g/mol. The minimum absolute atomic E-state index is 0.199. The number of unbranched alkanes of at least 4 members (excludes halogenated alkanes) is 7. The molecule has 0 aliphatic heterocycles. The second kappa shape index (κ2) is 27.4. The van der Waals surface area contributed by atoms with Crippen LogP contribution in [0, 0.1) is 0 Å². The van der Waals surface area contributed by atoms with Gasteiger partial charge in [0.2, 0.25) is 5.91 Å². The molecule has 0 bridgehead atoms. The van der Waals surface area contributed by atoms with Gasteiger partial charge in [-0.3, -0.25) is 4.79 Å². The van der Waals surface area contributed by atoms with Crippen molar-refractivity contribution in [1.29, 1.82) is 0 Å². The molecule has 0 rings (SSSR count). The normalized spacial score (nSPS) is 14.4. The van der Waals surface area contributed by atoms with Crippen LogP contribution in [0.1, 0.15) is 104 Å². The maximum Gasteiger partial charge on any atom is 0.224 e. The molecule has 3 N–H and O–H groups in total. The highest BCUT2D eigenvalue weighted by Gasteiger charge is 2.17. The van der Waals surface area contributed by atoms with Gasteiger partial charge in [0.15, 0.2) is 0 Å². The third kappa shape index (κ3) is 23.6. The first-order valence-corrected chi connectivity index (χ1v) is 14.2. The SMILES string of the molecule is CC/C=C\C/C=C\C/C=C\C/C=C\C/C=C\CC(=O)NC(CO)C(O)/C=C/CCCCCCCCC. The van der Waals surface area contributed by atoms with Crippen molar-refractivity contribution in [2.75, 3.05) is 6.61 Å². The first kappa shape index (κ1) is 33.8. The summed E-state index contributed by atoms with van der Waals surface area (Å²) in [4.78, 5) is 12.1. The van der Waals surface area contributed by atoms with E-state index in [0.29, 0.717) is 0 Å². The standard InChI is InChI=1S/C32H53NO3/c1-3-5-7-9-11-13-14-15-16-17-18-20-22-24-26-28-32(36)33-30(29-34)31(35)27-25-23-21-19-12-10-8-6-4-2/h5,7,11,13,15-16,18,20,24-27,30-31,34-35H,3-4,6,8-10,12,14,17,19,21-23,28-29H2,1-2H3,(H,33,36)/b7-5-,13-11-,16-15-,20-18-,26-24-,27-25+. The fourth-order valence-electron chi connectivity index (χ4n) is 3.53. The predicted octanol–water partition coefficient (Wildman–Crippen LogP) is 7.66. The van der Waals surface area contributed by atoms with E-state index in [9.17, 15) is 15.0 Å². The molecule has 0 saturated heterocycles. The lowest BCUT2D eigenvalue weighted by atomic mass is 10.1. The van der Waals surface area contributed by atoms with E-state index < -0.39 is 12.1 Å². The summed E-state index contributed by atoms with van der Waals surface area (Å²) in [5.41, 5.74) is 0. The lowest BCUT2D eigenvalue weighted by Crippen LogP contribution is -2.44. The lowest BCUT2D eigenvalue weighted by molar-refractivity contribution is -0.122. The Morgan fingerprint density at radius 1 is 0.694 bits per heavy atom. The Morgan fingerprint density at radius 2 is 1.19 bits per heavy atom. The molecule has 0 fully saturated rings. The molecule has 0 aliphatic carbocycles. The van der Waals surface area contributed by atoms with E-state index in [2.05, 4.69) is 67.8 Å². The second-order valence-corrected chi connectivity index (χ2v) is 9.10. The minimum atomic E-state index is -0.878. The number of aliphatic hydroxyl groups is 2. The third-order valence-corrected chi connectivity index (χ3v) is 5.72. The van der Waals surface area contributed by atoms with Gasteiger partial charge in [-0.2, -0.15) is 0 Å². The van der Waals surface area contributed by atoms with Crippen LogP contribution in [0.5, 0.6) is 0 Å². The van der Waals surface area contributed by atoms with Crippen LogP contribution in [-0.2, 0) is 4.79 Å². The summed E-state index contributed by atoms with van der Waals surface area (Å²) in [6, 6.07) is -0.675. The predicted molar refractivity (Wildman–Crippen MR) is 156 cm³/mol. The van der Waals surface area contributed by atoms with Gasteiger partial charge in [0, 0.05) is 6.42 Å². The van der Waals surface area contributed by atoms with Crippen LogP contribution in [0.15, 0.2) is 72.9 Å².